The molecule has 0 atom stereocenters. The van der Waals surface area contributed by atoms with Crippen LogP contribution >= 0.6 is 0 Å². The lowest BCUT2D eigenvalue weighted by Gasteiger charge is -2.16. The Morgan fingerprint density at radius 1 is 1.14 bits per heavy atom. The van der Waals surface area contributed by atoms with E-state index in [0.29, 0.717) is 39.3 Å². The van der Waals surface area contributed by atoms with E-state index in [2.05, 4.69) is 26.6 Å². The molecule has 0 fully saturated rings. The van der Waals surface area contributed by atoms with Crippen LogP contribution in [0.15, 0.2) is 60.8 Å². The number of benzene rings is 2. The molecule has 0 spiro atoms. The maximum atomic E-state index is 13.1. The van der Waals surface area contributed by atoms with Crippen LogP contribution in [0, 0.1) is 11.3 Å². The van der Waals surface area contributed by atoms with E-state index in [1.54, 1.807) is 36.5 Å². The van der Waals surface area contributed by atoms with Crippen LogP contribution in [-0.2, 0) is 22.6 Å². The Morgan fingerprint density at radius 2 is 1.91 bits per heavy atom. The Kier molecular flexibility index (Phi) is 6.90. The van der Waals surface area contributed by atoms with Crippen molar-refractivity contribution >= 4 is 34.5 Å². The summed E-state index contributed by atoms with van der Waals surface area (Å²) in [6.07, 6.45) is 1.85. The number of aryl methyl sites for hydroxylation is 1. The molecule has 3 N–H and O–H groups in total. The van der Waals surface area contributed by atoms with Gasteiger partial charge < -0.3 is 20.6 Å². The van der Waals surface area contributed by atoms with Crippen LogP contribution < -0.4 is 10.6 Å². The molecule has 0 saturated carbocycles. The topological polar surface area (TPSA) is 118 Å². The summed E-state index contributed by atoms with van der Waals surface area (Å²) in [4.78, 5) is 30.5. The van der Waals surface area contributed by atoms with Gasteiger partial charge in [-0.15, -0.1) is 0 Å². The number of hydrogen-bond acceptors (Lipinski definition) is 6. The van der Waals surface area contributed by atoms with E-state index in [9.17, 15) is 14.9 Å². The van der Waals surface area contributed by atoms with Gasteiger partial charge >= 0.3 is 5.97 Å². The number of hydrogen-bond donors (Lipinski definition) is 3. The number of anilines is 2. The number of fused-ring (bicyclic) bond motifs is 1. The Labute approximate surface area is 203 Å². The first-order valence-electron chi connectivity index (χ1n) is 11.1. The van der Waals surface area contributed by atoms with Crippen molar-refractivity contribution in [3.8, 4) is 6.07 Å². The smallest absolute Gasteiger partial charge is 0.303 e. The molecule has 1 aromatic heterocycles. The predicted octanol–water partition coefficient (Wildman–Crippen LogP) is 3.96. The van der Waals surface area contributed by atoms with Crippen molar-refractivity contribution in [3.63, 3.8) is 0 Å². The van der Waals surface area contributed by atoms with Gasteiger partial charge in [-0.2, -0.15) is 5.26 Å². The maximum Gasteiger partial charge on any atom is 0.303 e. The summed E-state index contributed by atoms with van der Waals surface area (Å²) in [5, 5.41) is 24.6. The molecule has 0 aliphatic carbocycles. The number of nitrogens with zero attached hydrogens (tertiary/aromatic N) is 3. The number of rotatable bonds is 8. The number of nitrogens with one attached hydrogen (secondary N) is 2. The Bertz CT molecular complexity index is 1350. The fraction of sp³-hybridized carbons (Fsp3) is 0.185. The molecule has 3 aromatic rings. The molecule has 0 unspecified atom stereocenters. The van der Waals surface area contributed by atoms with Crippen molar-refractivity contribution < 1.29 is 14.7 Å². The normalized spacial score (nSPS) is 13.7. The number of aromatic nitrogens is 1. The summed E-state index contributed by atoms with van der Waals surface area (Å²) >= 11 is 0. The van der Waals surface area contributed by atoms with Gasteiger partial charge in [-0.05, 0) is 56.1 Å². The van der Waals surface area contributed by atoms with Gasteiger partial charge in [0.25, 0.3) is 5.91 Å². The molecular weight excluding hydrogens is 442 g/mol. The minimum atomic E-state index is -0.899. The number of pyridine rings is 1. The first-order valence-corrected chi connectivity index (χ1v) is 11.1. The highest BCUT2D eigenvalue weighted by molar-refractivity contribution is 6.37. The van der Waals surface area contributed by atoms with Gasteiger partial charge in [0.15, 0.2) is 0 Å². The highest BCUT2D eigenvalue weighted by atomic mass is 16.4. The summed E-state index contributed by atoms with van der Waals surface area (Å²) in [5.41, 5.74) is 6.01. The molecule has 1 aliphatic rings. The minimum absolute atomic E-state index is 0.0383. The van der Waals surface area contributed by atoms with Crippen LogP contribution in [0.25, 0.3) is 11.3 Å². The molecule has 1 amide bonds. The molecule has 0 radical (unpaired) electrons. The van der Waals surface area contributed by atoms with Crippen LogP contribution in [0.5, 0.6) is 0 Å². The van der Waals surface area contributed by atoms with Gasteiger partial charge in [-0.1, -0.05) is 18.2 Å². The monoisotopic (exact) mass is 467 g/mol. The van der Waals surface area contributed by atoms with E-state index in [1.807, 2.05) is 38.4 Å². The Hall–Kier alpha value is -4.48. The second-order valence-electron chi connectivity index (χ2n) is 8.57. The maximum absolute atomic E-state index is 13.1. The molecule has 35 heavy (non-hydrogen) atoms. The zero-order valence-corrected chi connectivity index (χ0v) is 19.5. The molecule has 0 saturated heterocycles. The quantitative estimate of drug-likeness (QED) is 0.429. The molecule has 0 bridgehead atoms. The zero-order valence-electron chi connectivity index (χ0n) is 19.5. The van der Waals surface area contributed by atoms with Crippen LogP contribution in [0.4, 0.5) is 11.4 Å². The predicted molar refractivity (Wildman–Crippen MR) is 134 cm³/mol. The third-order valence-corrected chi connectivity index (χ3v) is 5.57. The molecule has 8 heteroatoms. The van der Waals surface area contributed by atoms with Crippen molar-refractivity contribution in [3.05, 3.63) is 88.7 Å². The fourth-order valence-electron chi connectivity index (χ4n) is 3.98. The first kappa shape index (κ1) is 23.7. The van der Waals surface area contributed by atoms with E-state index >= 15 is 0 Å². The van der Waals surface area contributed by atoms with Crippen LogP contribution in [0.1, 0.15) is 34.4 Å². The van der Waals surface area contributed by atoms with E-state index in [1.165, 1.54) is 0 Å². The molecule has 4 rings (SSSR count). The van der Waals surface area contributed by atoms with Crippen molar-refractivity contribution in [2.45, 2.75) is 19.4 Å². The zero-order chi connectivity index (χ0) is 24.9. The second-order valence-corrected chi connectivity index (χ2v) is 8.57. The lowest BCUT2D eigenvalue weighted by Crippen LogP contribution is -2.11. The van der Waals surface area contributed by atoms with E-state index in [0.717, 1.165) is 17.8 Å². The van der Waals surface area contributed by atoms with Crippen molar-refractivity contribution in [2.24, 2.45) is 0 Å². The third-order valence-electron chi connectivity index (χ3n) is 5.57. The van der Waals surface area contributed by atoms with Gasteiger partial charge in [-0.25, -0.2) is 0 Å². The number of carboxylic acid groups (broad SMARTS) is 1. The van der Waals surface area contributed by atoms with Crippen LogP contribution in [0.2, 0.25) is 0 Å². The van der Waals surface area contributed by atoms with E-state index in [-0.39, 0.29) is 18.7 Å². The largest absolute Gasteiger partial charge is 0.481 e. The molecule has 2 heterocycles. The number of carbonyl (C=O) groups is 2. The number of nitriles is 1. The van der Waals surface area contributed by atoms with Gasteiger partial charge in [0.2, 0.25) is 0 Å². The van der Waals surface area contributed by atoms with Crippen molar-refractivity contribution in [2.75, 3.05) is 24.7 Å². The van der Waals surface area contributed by atoms with Crippen molar-refractivity contribution in [1.29, 1.82) is 5.26 Å². The van der Waals surface area contributed by atoms with Crippen LogP contribution in [0.3, 0.4) is 0 Å². The lowest BCUT2D eigenvalue weighted by atomic mass is 9.98. The Balaban J connectivity index is 1.80. The average Bonchev–Trinajstić information content (AvgIpc) is 3.16. The van der Waals surface area contributed by atoms with Gasteiger partial charge in [0.05, 0.1) is 35.0 Å². The van der Waals surface area contributed by atoms with Gasteiger partial charge in [-0.3, -0.25) is 14.6 Å². The van der Waals surface area contributed by atoms with Crippen LogP contribution in [-0.4, -0.2) is 41.0 Å². The number of amides is 1. The Morgan fingerprint density at radius 3 is 2.60 bits per heavy atom. The number of aliphatic carboxylic acids is 1. The molecule has 8 nitrogen and oxygen atoms in total. The number of carboxylic acids is 1. The average molecular weight is 468 g/mol. The summed E-state index contributed by atoms with van der Waals surface area (Å²) in [7, 11) is 4.02. The number of carbonyl (C=O) groups excluding carboxylic acids is 1. The molecule has 2 aromatic carbocycles. The summed E-state index contributed by atoms with van der Waals surface area (Å²) in [6.45, 7) is 0.808. The SMILES string of the molecule is CN(C)Cc1ccc(NC(=C2C(=O)Nc3cc(C#N)ccc32)c2ccnc(CCC(=O)O)c2)cc1. The molecular formula is C27H25N5O3. The van der Waals surface area contributed by atoms with Crippen molar-refractivity contribution in [1.82, 2.24) is 9.88 Å². The standard InChI is InChI=1S/C27H25N5O3/c1-32(2)16-17-3-6-20(7-4-17)30-26(19-11-12-29-21(14-19)8-10-24(33)34)25-22-9-5-18(15-28)13-23(22)31-27(25)35/h3-7,9,11-14,30H,8,10,16H2,1-2H3,(H,31,35)(H,33,34). The molecule has 176 valence electrons. The minimum Gasteiger partial charge on any atom is -0.481 e. The third kappa shape index (κ3) is 5.54. The highest BCUT2D eigenvalue weighted by Crippen LogP contribution is 2.38. The van der Waals surface area contributed by atoms with Gasteiger partial charge in [0, 0.05) is 41.7 Å². The second kappa shape index (κ2) is 10.2. The first-order chi connectivity index (χ1) is 16.8. The lowest BCUT2D eigenvalue weighted by molar-refractivity contribution is -0.137. The summed E-state index contributed by atoms with van der Waals surface area (Å²) in [6, 6.07) is 18.7. The van der Waals surface area contributed by atoms with E-state index in [4.69, 9.17) is 5.11 Å². The fourth-order valence-corrected chi connectivity index (χ4v) is 3.98. The van der Waals surface area contributed by atoms with Gasteiger partial charge in [0.1, 0.15) is 0 Å². The summed E-state index contributed by atoms with van der Waals surface area (Å²) < 4.78 is 0. The highest BCUT2D eigenvalue weighted by Gasteiger charge is 2.29. The van der Waals surface area contributed by atoms with E-state index < -0.39 is 5.97 Å². The summed E-state index contributed by atoms with van der Waals surface area (Å²) in [5.74, 6) is -1.19. The molecule has 1 aliphatic heterocycles.